The molecule has 6 nitrogen and oxygen atoms in total. The molecule has 26 heavy (non-hydrogen) atoms. The Balaban J connectivity index is 1.62. The van der Waals surface area contributed by atoms with E-state index in [0.29, 0.717) is 9.88 Å². The van der Waals surface area contributed by atoms with Gasteiger partial charge in [-0.1, -0.05) is 12.1 Å². The molecule has 1 aromatic heterocycles. The molecule has 2 amide bonds. The zero-order valence-corrected chi connectivity index (χ0v) is 16.1. The third kappa shape index (κ3) is 4.50. The number of carbonyl (C=O) groups excluding carboxylic acids is 2. The molecule has 1 aromatic carbocycles. The smallest absolute Gasteiger partial charge is 0.261 e. The Morgan fingerprint density at radius 3 is 2.35 bits per heavy atom. The topological polar surface area (TPSA) is 92.3 Å². The van der Waals surface area contributed by atoms with Crippen molar-refractivity contribution in [2.75, 3.05) is 11.6 Å². The largest absolute Gasteiger partial charge is 0.345 e. The summed E-state index contributed by atoms with van der Waals surface area (Å²) in [6.45, 7) is 1.83. The van der Waals surface area contributed by atoms with Crippen molar-refractivity contribution in [3.63, 3.8) is 0 Å². The molecule has 0 spiro atoms. The van der Waals surface area contributed by atoms with Gasteiger partial charge in [0.25, 0.3) is 5.91 Å². The number of nitrogens with one attached hydrogen (secondary N) is 2. The average molecular weight is 393 g/mol. The van der Waals surface area contributed by atoms with E-state index in [1.165, 1.54) is 23.5 Å². The van der Waals surface area contributed by atoms with Gasteiger partial charge in [-0.25, -0.2) is 8.42 Å². The predicted octanol–water partition coefficient (Wildman–Crippen LogP) is 2.99. The number of hydrogen-bond donors (Lipinski definition) is 2. The summed E-state index contributed by atoms with van der Waals surface area (Å²) in [5.74, 6) is -0.107. The molecule has 1 saturated carbocycles. The van der Waals surface area contributed by atoms with Gasteiger partial charge in [0.1, 0.15) is 0 Å². The summed E-state index contributed by atoms with van der Waals surface area (Å²) < 4.78 is 23.0. The number of carbonyl (C=O) groups is 2. The molecule has 1 heterocycles. The van der Waals surface area contributed by atoms with Gasteiger partial charge in [-0.2, -0.15) is 0 Å². The first-order valence-corrected chi connectivity index (χ1v) is 11.0. The molecule has 3 rings (SSSR count). The lowest BCUT2D eigenvalue weighted by Crippen LogP contribution is -2.25. The minimum atomic E-state index is -3.24. The second-order valence-electron chi connectivity index (χ2n) is 6.46. The van der Waals surface area contributed by atoms with Gasteiger partial charge in [0.05, 0.1) is 20.8 Å². The van der Waals surface area contributed by atoms with Gasteiger partial charge < -0.3 is 10.6 Å². The van der Waals surface area contributed by atoms with Crippen LogP contribution in [0.3, 0.4) is 0 Å². The highest BCUT2D eigenvalue weighted by Crippen LogP contribution is 2.31. The second kappa shape index (κ2) is 7.20. The number of amides is 2. The van der Waals surface area contributed by atoms with Crippen molar-refractivity contribution in [1.82, 2.24) is 5.32 Å². The zero-order valence-electron chi connectivity index (χ0n) is 14.5. The van der Waals surface area contributed by atoms with Gasteiger partial charge in [-0.15, -0.1) is 11.3 Å². The normalized spacial score (nSPS) is 15.3. The van der Waals surface area contributed by atoms with Crippen molar-refractivity contribution in [2.45, 2.75) is 30.7 Å². The molecule has 1 aliphatic rings. The SMILES string of the molecule is C[C@H](NC(=O)c1ccc(NC(=O)C2CC2)s1)c1ccc(S(C)(=O)=O)cc1. The lowest BCUT2D eigenvalue weighted by atomic mass is 10.1. The minimum Gasteiger partial charge on any atom is -0.345 e. The Morgan fingerprint density at radius 2 is 1.77 bits per heavy atom. The standard InChI is InChI=1S/C18H20N2O4S2/c1-11(12-5-7-14(8-6-12)26(2,23)24)19-18(22)15-9-10-16(25-15)20-17(21)13-3-4-13/h5-11,13H,3-4H2,1-2H3,(H,19,22)(H,20,21)/t11-/m0/s1. The molecular weight excluding hydrogens is 372 g/mol. The number of sulfone groups is 1. The van der Waals surface area contributed by atoms with Crippen LogP contribution in [0.2, 0.25) is 0 Å². The highest BCUT2D eigenvalue weighted by molar-refractivity contribution is 7.90. The van der Waals surface area contributed by atoms with Crippen LogP contribution < -0.4 is 10.6 Å². The number of benzene rings is 1. The van der Waals surface area contributed by atoms with Crippen LogP contribution in [-0.2, 0) is 14.6 Å². The Kier molecular flexibility index (Phi) is 5.15. The van der Waals surface area contributed by atoms with Crippen molar-refractivity contribution < 1.29 is 18.0 Å². The molecule has 1 aliphatic carbocycles. The van der Waals surface area contributed by atoms with Crippen LogP contribution in [0.15, 0.2) is 41.3 Å². The Labute approximate surface area is 156 Å². The zero-order chi connectivity index (χ0) is 18.9. The third-order valence-corrected chi connectivity index (χ3v) is 6.31. The van der Waals surface area contributed by atoms with Crippen LogP contribution >= 0.6 is 11.3 Å². The van der Waals surface area contributed by atoms with E-state index in [2.05, 4.69) is 10.6 Å². The van der Waals surface area contributed by atoms with Crippen LogP contribution in [0, 0.1) is 5.92 Å². The van der Waals surface area contributed by atoms with E-state index in [1.807, 2.05) is 6.92 Å². The molecular formula is C18H20N2O4S2. The maximum atomic E-state index is 12.4. The fourth-order valence-electron chi connectivity index (χ4n) is 2.45. The van der Waals surface area contributed by atoms with E-state index in [4.69, 9.17) is 0 Å². The molecule has 0 aliphatic heterocycles. The van der Waals surface area contributed by atoms with Crippen molar-refractivity contribution >= 4 is 38.0 Å². The fraction of sp³-hybridized carbons (Fsp3) is 0.333. The van der Waals surface area contributed by atoms with Gasteiger partial charge >= 0.3 is 0 Å². The lowest BCUT2D eigenvalue weighted by molar-refractivity contribution is -0.117. The van der Waals surface area contributed by atoms with E-state index in [9.17, 15) is 18.0 Å². The maximum Gasteiger partial charge on any atom is 0.261 e. The molecule has 2 aromatic rings. The van der Waals surface area contributed by atoms with E-state index in [1.54, 1.807) is 24.3 Å². The molecule has 1 atom stereocenters. The molecule has 0 unspecified atom stereocenters. The summed E-state index contributed by atoms with van der Waals surface area (Å²) in [7, 11) is -3.24. The van der Waals surface area contributed by atoms with Crippen LogP contribution in [0.4, 0.5) is 5.00 Å². The molecule has 8 heteroatoms. The Hall–Kier alpha value is -2.19. The quantitative estimate of drug-likeness (QED) is 0.790. The van der Waals surface area contributed by atoms with Crippen LogP contribution in [0.25, 0.3) is 0 Å². The summed E-state index contributed by atoms with van der Waals surface area (Å²) in [6, 6.07) is 9.58. The van der Waals surface area contributed by atoms with Crippen LogP contribution in [0.5, 0.6) is 0 Å². The van der Waals surface area contributed by atoms with E-state index in [-0.39, 0.29) is 28.7 Å². The first-order valence-electron chi connectivity index (χ1n) is 8.25. The van der Waals surface area contributed by atoms with Crippen molar-refractivity contribution in [1.29, 1.82) is 0 Å². The monoisotopic (exact) mass is 392 g/mol. The lowest BCUT2D eigenvalue weighted by Gasteiger charge is -2.14. The minimum absolute atomic E-state index is 0.0122. The van der Waals surface area contributed by atoms with E-state index in [0.717, 1.165) is 24.7 Å². The number of thiophene rings is 1. The third-order valence-electron chi connectivity index (χ3n) is 4.18. The molecule has 0 bridgehead atoms. The van der Waals surface area contributed by atoms with Crippen molar-refractivity contribution in [3.05, 3.63) is 46.8 Å². The summed E-state index contributed by atoms with van der Waals surface area (Å²) in [4.78, 5) is 24.9. The van der Waals surface area contributed by atoms with E-state index >= 15 is 0 Å². The second-order valence-corrected chi connectivity index (χ2v) is 9.56. The van der Waals surface area contributed by atoms with Gasteiger partial charge in [0, 0.05) is 12.2 Å². The van der Waals surface area contributed by atoms with Crippen LogP contribution in [0.1, 0.15) is 41.0 Å². The molecule has 0 saturated heterocycles. The summed E-state index contributed by atoms with van der Waals surface area (Å²) in [5, 5.41) is 6.37. The average Bonchev–Trinajstić information content (AvgIpc) is 3.34. The summed E-state index contributed by atoms with van der Waals surface area (Å²) >= 11 is 1.23. The fourth-order valence-corrected chi connectivity index (χ4v) is 3.89. The van der Waals surface area contributed by atoms with Crippen LogP contribution in [-0.4, -0.2) is 26.5 Å². The Morgan fingerprint density at radius 1 is 1.12 bits per heavy atom. The maximum absolute atomic E-state index is 12.4. The van der Waals surface area contributed by atoms with Gasteiger partial charge in [0.2, 0.25) is 5.91 Å². The van der Waals surface area contributed by atoms with E-state index < -0.39 is 9.84 Å². The molecule has 2 N–H and O–H groups in total. The first-order chi connectivity index (χ1) is 12.2. The highest BCUT2D eigenvalue weighted by Gasteiger charge is 2.30. The van der Waals surface area contributed by atoms with Crippen molar-refractivity contribution in [3.8, 4) is 0 Å². The molecule has 1 fully saturated rings. The van der Waals surface area contributed by atoms with Gasteiger partial charge in [-0.3, -0.25) is 9.59 Å². The Bertz CT molecular complexity index is 928. The highest BCUT2D eigenvalue weighted by atomic mass is 32.2. The van der Waals surface area contributed by atoms with Crippen molar-refractivity contribution in [2.24, 2.45) is 5.92 Å². The molecule has 0 radical (unpaired) electrons. The first kappa shape index (κ1) is 18.6. The number of anilines is 1. The van der Waals surface area contributed by atoms with Gasteiger partial charge in [-0.05, 0) is 49.6 Å². The van der Waals surface area contributed by atoms with Gasteiger partial charge in [0.15, 0.2) is 9.84 Å². The summed E-state index contributed by atoms with van der Waals surface area (Å²) in [6.07, 6.45) is 3.02. The molecule has 138 valence electrons. The predicted molar refractivity (Wildman–Crippen MR) is 101 cm³/mol. The number of rotatable bonds is 6. The number of hydrogen-bond acceptors (Lipinski definition) is 5. The summed E-state index contributed by atoms with van der Waals surface area (Å²) in [5.41, 5.74) is 0.810.